The number of hydrogen-bond acceptors (Lipinski definition) is 1. The molecule has 1 nitrogen and oxygen atoms in total. The Labute approximate surface area is 194 Å². The van der Waals surface area contributed by atoms with Gasteiger partial charge in [0.05, 0.1) is 0 Å². The van der Waals surface area contributed by atoms with Crippen LogP contribution in [0.5, 0.6) is 5.75 Å². The van der Waals surface area contributed by atoms with E-state index in [1.54, 1.807) is 0 Å². The van der Waals surface area contributed by atoms with Gasteiger partial charge in [-0.3, -0.25) is 0 Å². The van der Waals surface area contributed by atoms with Crippen LogP contribution in [0.25, 0.3) is 22.3 Å². The van der Waals surface area contributed by atoms with Gasteiger partial charge >= 0.3 is 0 Å². The van der Waals surface area contributed by atoms with Gasteiger partial charge in [-0.15, -0.1) is 0 Å². The number of unbranched alkanes of at least 4 members (excludes halogenated alkanes) is 6. The maximum Gasteiger partial charge on any atom is 0.123 e. The highest BCUT2D eigenvalue weighted by Crippen LogP contribution is 2.45. The lowest BCUT2D eigenvalue weighted by Crippen LogP contribution is -2.01. The van der Waals surface area contributed by atoms with Crippen LogP contribution in [0.4, 0.5) is 0 Å². The maximum absolute atomic E-state index is 11.1. The van der Waals surface area contributed by atoms with Crippen LogP contribution in [0, 0.1) is 0 Å². The number of benzene rings is 3. The summed E-state index contributed by atoms with van der Waals surface area (Å²) in [6.45, 7) is 4.53. The first kappa shape index (κ1) is 22.6. The zero-order chi connectivity index (χ0) is 22.3. The first-order valence-corrected chi connectivity index (χ1v) is 12.8. The van der Waals surface area contributed by atoms with E-state index < -0.39 is 0 Å². The summed E-state index contributed by atoms with van der Waals surface area (Å²) in [7, 11) is 0. The molecular weight excluding hydrogens is 388 g/mol. The Bertz CT molecular complexity index is 1050. The summed E-state index contributed by atoms with van der Waals surface area (Å²) in [5.74, 6) is 0.440. The number of hydrogen-bond donors (Lipinski definition) is 1. The van der Waals surface area contributed by atoms with Crippen molar-refractivity contribution in [2.24, 2.45) is 0 Å². The maximum atomic E-state index is 11.1. The fraction of sp³-hybridized carbons (Fsp3) is 0.419. The molecule has 0 radical (unpaired) electrons. The highest BCUT2D eigenvalue weighted by Gasteiger charge is 2.24. The first-order chi connectivity index (χ1) is 15.7. The molecule has 0 amide bonds. The van der Waals surface area contributed by atoms with Gasteiger partial charge in [-0.1, -0.05) is 101 Å². The molecule has 0 unspecified atom stereocenters. The van der Waals surface area contributed by atoms with Crippen LogP contribution >= 0.6 is 0 Å². The average molecular weight is 427 g/mol. The van der Waals surface area contributed by atoms with Crippen LogP contribution in [0.3, 0.4) is 0 Å². The van der Waals surface area contributed by atoms with Crippen molar-refractivity contribution in [1.29, 1.82) is 0 Å². The van der Waals surface area contributed by atoms with E-state index in [1.807, 2.05) is 6.07 Å². The summed E-state index contributed by atoms with van der Waals surface area (Å²) >= 11 is 0. The Hall–Kier alpha value is -2.54. The minimum atomic E-state index is 0.440. The summed E-state index contributed by atoms with van der Waals surface area (Å²) in [5.41, 5.74) is 10.6. The molecule has 0 heterocycles. The summed E-state index contributed by atoms with van der Waals surface area (Å²) < 4.78 is 0. The molecule has 1 N–H and O–H groups in total. The van der Waals surface area contributed by atoms with Gasteiger partial charge < -0.3 is 5.11 Å². The van der Waals surface area contributed by atoms with E-state index in [0.717, 1.165) is 24.8 Å². The molecule has 168 valence electrons. The Morgan fingerprint density at radius 3 is 2.22 bits per heavy atom. The molecule has 3 aromatic carbocycles. The average Bonchev–Trinajstić information content (AvgIpc) is 3.20. The molecule has 0 saturated carbocycles. The van der Waals surface area contributed by atoms with Gasteiger partial charge in [0, 0.05) is 5.56 Å². The van der Waals surface area contributed by atoms with E-state index in [0.29, 0.717) is 5.75 Å². The van der Waals surface area contributed by atoms with Crippen LogP contribution in [0.2, 0.25) is 0 Å². The molecule has 0 spiro atoms. The van der Waals surface area contributed by atoms with Crippen molar-refractivity contribution in [3.63, 3.8) is 0 Å². The fourth-order valence-corrected chi connectivity index (χ4v) is 5.34. The highest BCUT2D eigenvalue weighted by atomic mass is 16.3. The standard InChI is InChI=1S/C31H38O/c1-3-5-7-8-9-10-17-26-23(14-6-4-2)20-21-30(32)31(26)28-19-13-18-27-25-16-12-11-15-24(25)22-29(27)28/h11-13,15-16,18-21,32H,3-10,14,17,22H2,1-2H3. The second-order valence-electron chi connectivity index (χ2n) is 9.38. The van der Waals surface area contributed by atoms with Crippen molar-refractivity contribution in [1.82, 2.24) is 0 Å². The third-order valence-electron chi connectivity index (χ3n) is 7.09. The summed E-state index contributed by atoms with van der Waals surface area (Å²) in [6.07, 6.45) is 13.3. The summed E-state index contributed by atoms with van der Waals surface area (Å²) in [5, 5.41) is 11.1. The monoisotopic (exact) mass is 426 g/mol. The molecule has 0 saturated heterocycles. The number of phenolic OH excluding ortho intramolecular Hbond substituents is 1. The van der Waals surface area contributed by atoms with Crippen molar-refractivity contribution in [3.8, 4) is 28.0 Å². The number of rotatable bonds is 11. The van der Waals surface area contributed by atoms with E-state index in [4.69, 9.17) is 0 Å². The van der Waals surface area contributed by atoms with Gasteiger partial charge in [0.1, 0.15) is 5.75 Å². The van der Waals surface area contributed by atoms with Gasteiger partial charge in [0.2, 0.25) is 0 Å². The largest absolute Gasteiger partial charge is 0.507 e. The fourth-order valence-electron chi connectivity index (χ4n) is 5.34. The Morgan fingerprint density at radius 1 is 0.656 bits per heavy atom. The number of aromatic hydroxyl groups is 1. The van der Waals surface area contributed by atoms with Crippen LogP contribution in [-0.2, 0) is 19.3 Å². The third-order valence-corrected chi connectivity index (χ3v) is 7.09. The third kappa shape index (κ3) is 4.77. The van der Waals surface area contributed by atoms with E-state index in [9.17, 15) is 5.11 Å². The van der Waals surface area contributed by atoms with Crippen LogP contribution in [0.1, 0.15) is 87.5 Å². The lowest BCUT2D eigenvalue weighted by atomic mass is 9.86. The molecule has 1 aliphatic carbocycles. The predicted octanol–water partition coefficient (Wildman–Crippen LogP) is 8.88. The minimum absolute atomic E-state index is 0.440. The molecule has 0 fully saturated rings. The van der Waals surface area contributed by atoms with Crippen molar-refractivity contribution in [2.75, 3.05) is 0 Å². The van der Waals surface area contributed by atoms with Crippen LogP contribution in [0.15, 0.2) is 54.6 Å². The Kier molecular flexibility index (Phi) is 7.68. The second-order valence-corrected chi connectivity index (χ2v) is 9.38. The zero-order valence-corrected chi connectivity index (χ0v) is 19.9. The normalized spacial score (nSPS) is 12.1. The molecule has 1 heteroatoms. The van der Waals surface area contributed by atoms with E-state index in [2.05, 4.69) is 62.4 Å². The molecule has 0 aromatic heterocycles. The zero-order valence-electron chi connectivity index (χ0n) is 19.9. The van der Waals surface area contributed by atoms with Gasteiger partial charge in [-0.05, 0) is 77.1 Å². The molecule has 0 aliphatic heterocycles. The molecule has 1 aliphatic rings. The van der Waals surface area contributed by atoms with Gasteiger partial charge in [0.25, 0.3) is 0 Å². The Balaban J connectivity index is 1.71. The highest BCUT2D eigenvalue weighted by molar-refractivity contribution is 5.87. The Morgan fingerprint density at radius 2 is 1.38 bits per heavy atom. The molecule has 3 aromatic rings. The van der Waals surface area contributed by atoms with Gasteiger partial charge in [-0.25, -0.2) is 0 Å². The second kappa shape index (κ2) is 10.9. The molecule has 32 heavy (non-hydrogen) atoms. The van der Waals surface area contributed by atoms with Crippen molar-refractivity contribution in [2.45, 2.75) is 84.5 Å². The summed E-state index contributed by atoms with van der Waals surface area (Å²) in [4.78, 5) is 0. The molecule has 0 atom stereocenters. The summed E-state index contributed by atoms with van der Waals surface area (Å²) in [6, 6.07) is 19.5. The van der Waals surface area contributed by atoms with Crippen molar-refractivity contribution in [3.05, 3.63) is 76.9 Å². The lowest BCUT2D eigenvalue weighted by Gasteiger charge is -2.19. The first-order valence-electron chi connectivity index (χ1n) is 12.8. The van der Waals surface area contributed by atoms with Crippen molar-refractivity contribution < 1.29 is 5.11 Å². The smallest absolute Gasteiger partial charge is 0.123 e. The van der Waals surface area contributed by atoms with E-state index >= 15 is 0 Å². The molecule has 0 bridgehead atoms. The topological polar surface area (TPSA) is 20.2 Å². The van der Waals surface area contributed by atoms with Gasteiger partial charge in [-0.2, -0.15) is 0 Å². The number of phenols is 1. The van der Waals surface area contributed by atoms with Crippen molar-refractivity contribution >= 4 is 0 Å². The minimum Gasteiger partial charge on any atom is -0.507 e. The predicted molar refractivity (Wildman–Crippen MR) is 137 cm³/mol. The van der Waals surface area contributed by atoms with E-state index in [1.165, 1.54) is 90.3 Å². The molecule has 4 rings (SSSR count). The number of fused-ring (bicyclic) bond motifs is 3. The van der Waals surface area contributed by atoms with Crippen LogP contribution < -0.4 is 0 Å². The SMILES string of the molecule is CCCCCCCCc1c(CCCC)ccc(O)c1-c1cccc2c1Cc1ccccc1-2. The van der Waals surface area contributed by atoms with E-state index in [-0.39, 0.29) is 0 Å². The van der Waals surface area contributed by atoms with Crippen LogP contribution in [-0.4, -0.2) is 5.11 Å². The number of aryl methyl sites for hydroxylation is 1. The van der Waals surface area contributed by atoms with Gasteiger partial charge in [0.15, 0.2) is 0 Å². The molecular formula is C31H38O. The lowest BCUT2D eigenvalue weighted by molar-refractivity contribution is 0.476. The quantitative estimate of drug-likeness (QED) is 0.237.